The number of hydrogen-bond acceptors (Lipinski definition) is 4. The summed E-state index contributed by atoms with van der Waals surface area (Å²) < 4.78 is 7.77. The van der Waals surface area contributed by atoms with Gasteiger partial charge in [-0.2, -0.15) is 4.98 Å². The average Bonchev–Trinajstić information content (AvgIpc) is 3.00. The first kappa shape index (κ1) is 14.4. The van der Waals surface area contributed by atoms with E-state index in [4.69, 9.17) is 10.1 Å². The van der Waals surface area contributed by atoms with E-state index >= 15 is 0 Å². The molecule has 0 saturated heterocycles. The maximum Gasteiger partial charge on any atom is 0.226 e. The van der Waals surface area contributed by atoms with Crippen LogP contribution < -0.4 is 15.3 Å². The van der Waals surface area contributed by atoms with Crippen LogP contribution in [0.3, 0.4) is 0 Å². The summed E-state index contributed by atoms with van der Waals surface area (Å²) in [6.07, 6.45) is 6.54. The zero-order valence-corrected chi connectivity index (χ0v) is 13.4. The molecule has 3 rings (SSSR count). The highest BCUT2D eigenvalue weighted by molar-refractivity contribution is 5.47. The van der Waals surface area contributed by atoms with Crippen molar-refractivity contribution in [2.75, 3.05) is 18.6 Å². The van der Waals surface area contributed by atoms with Crippen LogP contribution in [0, 0.1) is 11.3 Å². The number of nitrogens with zero attached hydrogens (tertiary/aromatic N) is 3. The molecule has 21 heavy (non-hydrogen) atoms. The second kappa shape index (κ2) is 5.35. The smallest absolute Gasteiger partial charge is 0.226 e. The maximum atomic E-state index is 8.11. The number of ether oxygens (including phenoxy) is 1. The minimum atomic E-state index is 0.0208. The van der Waals surface area contributed by atoms with Crippen molar-refractivity contribution in [3.8, 4) is 5.88 Å². The number of aromatic nitrogens is 2. The predicted molar refractivity (Wildman–Crippen MR) is 82.6 cm³/mol. The van der Waals surface area contributed by atoms with Gasteiger partial charge in [0.25, 0.3) is 0 Å². The Morgan fingerprint density at radius 1 is 1.38 bits per heavy atom. The second-order valence-electron chi connectivity index (χ2n) is 7.02. The largest absolute Gasteiger partial charge is 0.477 e. The number of hydrogen-bond donors (Lipinski definition) is 1. The van der Waals surface area contributed by atoms with Gasteiger partial charge in [0, 0.05) is 13.1 Å². The molecule has 0 spiro atoms. The Labute approximate surface area is 126 Å². The van der Waals surface area contributed by atoms with Crippen molar-refractivity contribution in [1.82, 2.24) is 9.55 Å². The van der Waals surface area contributed by atoms with Crippen molar-refractivity contribution in [3.63, 3.8) is 0 Å². The van der Waals surface area contributed by atoms with E-state index in [0.29, 0.717) is 18.1 Å². The summed E-state index contributed by atoms with van der Waals surface area (Å²) in [6.45, 7) is 5.88. The highest BCUT2D eigenvalue weighted by atomic mass is 16.5. The molecule has 0 aromatic carbocycles. The van der Waals surface area contributed by atoms with Gasteiger partial charge in [-0.05, 0) is 26.2 Å². The molecule has 1 saturated carbocycles. The van der Waals surface area contributed by atoms with Crippen LogP contribution in [0.4, 0.5) is 5.82 Å². The highest BCUT2D eigenvalue weighted by Gasteiger charge is 2.34. The Bertz CT molecular complexity index is 572. The molecule has 1 aliphatic carbocycles. The first-order valence-electron chi connectivity index (χ1n) is 8.00. The molecular formula is C16H26N4O. The van der Waals surface area contributed by atoms with E-state index < -0.39 is 0 Å². The van der Waals surface area contributed by atoms with Crippen LogP contribution in [0.5, 0.6) is 5.88 Å². The summed E-state index contributed by atoms with van der Waals surface area (Å²) in [7, 11) is 2.07. The number of fused-ring (bicyclic) bond motifs is 1. The van der Waals surface area contributed by atoms with E-state index in [0.717, 1.165) is 24.7 Å². The molecule has 2 aliphatic rings. The fourth-order valence-electron chi connectivity index (χ4n) is 3.43. The number of rotatable bonds is 4. The van der Waals surface area contributed by atoms with Gasteiger partial charge in [-0.3, -0.25) is 9.98 Å². The first-order valence-corrected chi connectivity index (χ1v) is 8.00. The summed E-state index contributed by atoms with van der Waals surface area (Å²) in [5.74, 6) is 2.44. The summed E-state index contributed by atoms with van der Waals surface area (Å²) in [4.78, 5) is 6.49. The van der Waals surface area contributed by atoms with E-state index in [9.17, 15) is 0 Å². The minimum absolute atomic E-state index is 0.0208. The lowest BCUT2D eigenvalue weighted by Gasteiger charge is -2.28. The van der Waals surface area contributed by atoms with Crippen LogP contribution >= 0.6 is 0 Å². The lowest BCUT2D eigenvalue weighted by Crippen LogP contribution is -2.38. The average molecular weight is 290 g/mol. The Balaban J connectivity index is 1.69. The van der Waals surface area contributed by atoms with E-state index in [1.807, 2.05) is 10.6 Å². The SMILES string of the molecule is CN1c2cc(OCCC3CCCC3)nc(=N)n2CC1(C)C. The third-order valence-electron chi connectivity index (χ3n) is 5.05. The molecule has 1 aromatic rings. The van der Waals surface area contributed by atoms with Gasteiger partial charge in [0.05, 0.1) is 18.7 Å². The Morgan fingerprint density at radius 3 is 2.81 bits per heavy atom. The number of anilines is 1. The molecule has 0 bridgehead atoms. The van der Waals surface area contributed by atoms with Gasteiger partial charge >= 0.3 is 0 Å². The van der Waals surface area contributed by atoms with Gasteiger partial charge in [-0.25, -0.2) is 0 Å². The van der Waals surface area contributed by atoms with E-state index in [-0.39, 0.29) is 5.54 Å². The third kappa shape index (κ3) is 2.78. The fourth-order valence-corrected chi connectivity index (χ4v) is 3.43. The maximum absolute atomic E-state index is 8.11. The summed E-state index contributed by atoms with van der Waals surface area (Å²) >= 11 is 0. The van der Waals surface area contributed by atoms with Gasteiger partial charge in [0.1, 0.15) is 5.82 Å². The normalized spacial score (nSPS) is 20.8. The van der Waals surface area contributed by atoms with E-state index in [1.165, 1.54) is 25.7 Å². The van der Waals surface area contributed by atoms with Crippen LogP contribution in [0.15, 0.2) is 6.07 Å². The molecule has 116 valence electrons. The van der Waals surface area contributed by atoms with Crippen LogP contribution in [0.2, 0.25) is 0 Å². The van der Waals surface area contributed by atoms with Crippen molar-refractivity contribution in [3.05, 3.63) is 11.7 Å². The second-order valence-corrected chi connectivity index (χ2v) is 7.02. The Kier molecular flexibility index (Phi) is 3.68. The predicted octanol–water partition coefficient (Wildman–Crippen LogP) is 2.55. The van der Waals surface area contributed by atoms with Crippen molar-refractivity contribution in [2.24, 2.45) is 5.92 Å². The molecule has 0 amide bonds. The fraction of sp³-hybridized carbons (Fsp3) is 0.750. The van der Waals surface area contributed by atoms with E-state index in [2.05, 4.69) is 30.8 Å². The van der Waals surface area contributed by atoms with Crippen LogP contribution in [-0.2, 0) is 6.54 Å². The zero-order valence-electron chi connectivity index (χ0n) is 13.4. The molecule has 0 atom stereocenters. The molecule has 0 radical (unpaired) electrons. The molecule has 1 N–H and O–H groups in total. The number of nitrogens with one attached hydrogen (secondary N) is 1. The first-order chi connectivity index (χ1) is 9.97. The molecule has 5 nitrogen and oxygen atoms in total. The Hall–Kier alpha value is -1.52. The lowest BCUT2D eigenvalue weighted by atomic mass is 10.1. The van der Waals surface area contributed by atoms with Gasteiger partial charge in [-0.15, -0.1) is 0 Å². The molecule has 0 unspecified atom stereocenters. The van der Waals surface area contributed by atoms with Gasteiger partial charge in [0.15, 0.2) is 0 Å². The monoisotopic (exact) mass is 290 g/mol. The number of likely N-dealkylation sites (N-methyl/N-ethyl adjacent to an activating group) is 1. The summed E-state index contributed by atoms with van der Waals surface area (Å²) in [5.41, 5.74) is 0.313. The standard InChI is InChI=1S/C16H26N4O/c1-16(2)11-20-14(19(16)3)10-13(18-15(20)17)21-9-8-12-6-4-5-7-12/h10,12,17H,4-9,11H2,1-3H3. The lowest BCUT2D eigenvalue weighted by molar-refractivity contribution is 0.268. The van der Waals surface area contributed by atoms with Crippen LogP contribution in [0.25, 0.3) is 0 Å². The van der Waals surface area contributed by atoms with Crippen molar-refractivity contribution < 1.29 is 4.74 Å². The van der Waals surface area contributed by atoms with Crippen molar-refractivity contribution in [1.29, 1.82) is 5.41 Å². The molecule has 5 heteroatoms. The molecule has 1 fully saturated rings. The minimum Gasteiger partial charge on any atom is -0.477 e. The van der Waals surface area contributed by atoms with Crippen LogP contribution in [0.1, 0.15) is 46.0 Å². The van der Waals surface area contributed by atoms with Crippen molar-refractivity contribution in [2.45, 2.75) is 58.0 Å². The topological polar surface area (TPSA) is 54.1 Å². The molecule has 2 heterocycles. The van der Waals surface area contributed by atoms with Gasteiger partial charge in [0.2, 0.25) is 11.5 Å². The van der Waals surface area contributed by atoms with E-state index in [1.54, 1.807) is 0 Å². The molecular weight excluding hydrogens is 264 g/mol. The van der Waals surface area contributed by atoms with Gasteiger partial charge < -0.3 is 9.64 Å². The summed E-state index contributed by atoms with van der Waals surface area (Å²) in [5, 5.41) is 8.11. The summed E-state index contributed by atoms with van der Waals surface area (Å²) in [6, 6.07) is 1.97. The quantitative estimate of drug-likeness (QED) is 0.927. The van der Waals surface area contributed by atoms with Crippen molar-refractivity contribution >= 4 is 5.82 Å². The Morgan fingerprint density at radius 2 is 2.10 bits per heavy atom. The highest BCUT2D eigenvalue weighted by Crippen LogP contribution is 2.32. The molecule has 1 aliphatic heterocycles. The van der Waals surface area contributed by atoms with Crippen LogP contribution in [-0.4, -0.2) is 28.7 Å². The van der Waals surface area contributed by atoms with Gasteiger partial charge in [-0.1, -0.05) is 25.7 Å². The zero-order chi connectivity index (χ0) is 15.0. The third-order valence-corrected chi connectivity index (χ3v) is 5.05. The molecule has 1 aromatic heterocycles.